The summed E-state index contributed by atoms with van der Waals surface area (Å²) in [5, 5.41) is 7.97. The number of alkyl halides is 3. The van der Waals surface area contributed by atoms with Crippen molar-refractivity contribution in [2.45, 2.75) is 62.7 Å². The largest absolute Gasteiger partial charge is 0.416 e. The number of hydrogen-bond acceptors (Lipinski definition) is 3. The number of nitrogens with zero attached hydrogens (tertiary/aromatic N) is 3. The quantitative estimate of drug-likeness (QED) is 0.679. The number of rotatable bonds is 4. The number of amides is 1. The van der Waals surface area contributed by atoms with Gasteiger partial charge in [-0.05, 0) is 63.2 Å². The van der Waals surface area contributed by atoms with Gasteiger partial charge in [-0.3, -0.25) is 9.48 Å². The molecule has 2 aliphatic heterocycles. The second-order valence-corrected chi connectivity index (χ2v) is 8.89. The van der Waals surface area contributed by atoms with Crippen LogP contribution in [-0.2, 0) is 6.18 Å². The molecule has 5 nitrogen and oxygen atoms in total. The van der Waals surface area contributed by atoms with E-state index in [0.717, 1.165) is 50.5 Å². The predicted molar refractivity (Wildman–Crippen MR) is 117 cm³/mol. The zero-order valence-electron chi connectivity index (χ0n) is 17.8. The molecule has 5 rings (SSSR count). The van der Waals surface area contributed by atoms with Gasteiger partial charge >= 0.3 is 6.18 Å². The summed E-state index contributed by atoms with van der Waals surface area (Å²) in [4.78, 5) is 15.3. The Kier molecular flexibility index (Phi) is 6.54. The van der Waals surface area contributed by atoms with E-state index in [1.54, 1.807) is 17.2 Å². The summed E-state index contributed by atoms with van der Waals surface area (Å²) in [6.07, 6.45) is 2.48. The van der Waals surface area contributed by atoms with E-state index in [9.17, 15) is 18.0 Å². The van der Waals surface area contributed by atoms with E-state index in [0.29, 0.717) is 30.9 Å². The molecule has 1 aliphatic carbocycles. The van der Waals surface area contributed by atoms with Crippen LogP contribution in [0.15, 0.2) is 30.5 Å². The lowest BCUT2D eigenvalue weighted by Crippen LogP contribution is -2.33. The van der Waals surface area contributed by atoms with Crippen LogP contribution in [0.5, 0.6) is 0 Å². The molecule has 3 fully saturated rings. The van der Waals surface area contributed by atoms with E-state index in [2.05, 4.69) is 10.4 Å². The topological polar surface area (TPSA) is 50.2 Å². The van der Waals surface area contributed by atoms with E-state index in [-0.39, 0.29) is 29.9 Å². The Balaban J connectivity index is 0.00000245. The molecule has 0 bridgehead atoms. The van der Waals surface area contributed by atoms with Crippen LogP contribution in [0.2, 0.25) is 0 Å². The molecule has 9 heteroatoms. The third-order valence-corrected chi connectivity index (χ3v) is 6.82. The highest BCUT2D eigenvalue weighted by molar-refractivity contribution is 5.96. The first-order chi connectivity index (χ1) is 14.9. The molecule has 32 heavy (non-hydrogen) atoms. The monoisotopic (exact) mass is 468 g/mol. The van der Waals surface area contributed by atoms with Gasteiger partial charge in [0.15, 0.2) is 0 Å². The van der Waals surface area contributed by atoms with Crippen LogP contribution in [-0.4, -0.2) is 40.2 Å². The Bertz CT molecular complexity index is 966. The van der Waals surface area contributed by atoms with E-state index in [1.165, 1.54) is 12.1 Å². The Morgan fingerprint density at radius 2 is 1.78 bits per heavy atom. The Morgan fingerprint density at radius 3 is 2.47 bits per heavy atom. The minimum Gasteiger partial charge on any atom is -0.331 e. The zero-order chi connectivity index (χ0) is 21.6. The van der Waals surface area contributed by atoms with Gasteiger partial charge in [0, 0.05) is 12.5 Å². The molecule has 0 radical (unpaired) electrons. The van der Waals surface area contributed by atoms with E-state index >= 15 is 0 Å². The van der Waals surface area contributed by atoms with Crippen molar-refractivity contribution in [1.82, 2.24) is 20.0 Å². The molecule has 2 aromatic rings. The van der Waals surface area contributed by atoms with E-state index in [4.69, 9.17) is 0 Å². The third kappa shape index (κ3) is 4.27. The van der Waals surface area contributed by atoms with Crippen LogP contribution in [0.1, 0.15) is 83.7 Å². The van der Waals surface area contributed by atoms with Gasteiger partial charge in [-0.25, -0.2) is 0 Å². The number of piperidine rings is 1. The SMILES string of the molecule is Cl.O=C(c1cnn(C2CCNCC2)c1C1CC1)N1CCCC1c1ccccc1C(F)(F)F. The number of benzene rings is 1. The molecule has 1 amide bonds. The summed E-state index contributed by atoms with van der Waals surface area (Å²) in [5.41, 5.74) is 1.12. The molecule has 3 aliphatic rings. The molecule has 1 atom stereocenters. The summed E-state index contributed by atoms with van der Waals surface area (Å²) in [6, 6.07) is 5.37. The van der Waals surface area contributed by atoms with Crippen molar-refractivity contribution < 1.29 is 18.0 Å². The van der Waals surface area contributed by atoms with Crippen molar-refractivity contribution in [2.75, 3.05) is 19.6 Å². The fourth-order valence-corrected chi connectivity index (χ4v) is 5.18. The average Bonchev–Trinajstić information content (AvgIpc) is 3.32. The Morgan fingerprint density at radius 1 is 1.06 bits per heavy atom. The number of carbonyl (C=O) groups excluding carboxylic acids is 1. The molecular formula is C23H28ClF3N4O. The molecule has 1 aromatic heterocycles. The normalized spacial score (nSPS) is 22.1. The average molecular weight is 469 g/mol. The van der Waals surface area contributed by atoms with Gasteiger partial charge in [0.25, 0.3) is 5.91 Å². The standard InChI is InChI=1S/C23H27F3N4O.ClH/c24-23(25,26)19-5-2-1-4-17(19)20-6-3-13-29(20)22(31)18-14-28-30(21(18)15-7-8-15)16-9-11-27-12-10-16;/h1-2,4-5,14-16,20,27H,3,6-13H2;1H. The molecule has 1 unspecified atom stereocenters. The highest BCUT2D eigenvalue weighted by Gasteiger charge is 2.41. The van der Waals surface area contributed by atoms with Crippen molar-refractivity contribution in [2.24, 2.45) is 0 Å². The van der Waals surface area contributed by atoms with Crippen LogP contribution >= 0.6 is 12.4 Å². The van der Waals surface area contributed by atoms with Gasteiger partial charge in [-0.1, -0.05) is 18.2 Å². The van der Waals surface area contributed by atoms with Crippen molar-refractivity contribution in [1.29, 1.82) is 0 Å². The molecule has 174 valence electrons. The summed E-state index contributed by atoms with van der Waals surface area (Å²) in [7, 11) is 0. The molecule has 3 heterocycles. The maximum absolute atomic E-state index is 13.6. The van der Waals surface area contributed by atoms with Crippen molar-refractivity contribution in [3.8, 4) is 0 Å². The van der Waals surface area contributed by atoms with Gasteiger partial charge in [0.2, 0.25) is 0 Å². The number of halogens is 4. The van der Waals surface area contributed by atoms with Crippen LogP contribution in [0.3, 0.4) is 0 Å². The fourth-order valence-electron chi connectivity index (χ4n) is 5.18. The van der Waals surface area contributed by atoms with Crippen LogP contribution < -0.4 is 5.32 Å². The second kappa shape index (κ2) is 9.06. The Hall–Kier alpha value is -2.06. The predicted octanol–water partition coefficient (Wildman–Crippen LogP) is 5.10. The highest BCUT2D eigenvalue weighted by Crippen LogP contribution is 2.45. The van der Waals surface area contributed by atoms with Crippen molar-refractivity contribution >= 4 is 18.3 Å². The molecular weight excluding hydrogens is 441 g/mol. The minimum absolute atomic E-state index is 0. The van der Waals surface area contributed by atoms with E-state index in [1.807, 2.05) is 4.68 Å². The van der Waals surface area contributed by atoms with Crippen molar-refractivity contribution in [3.05, 3.63) is 52.8 Å². The van der Waals surface area contributed by atoms with Gasteiger partial charge in [0.05, 0.1) is 35.1 Å². The van der Waals surface area contributed by atoms with Crippen LogP contribution in [0.4, 0.5) is 13.2 Å². The first-order valence-corrected chi connectivity index (χ1v) is 11.2. The lowest BCUT2D eigenvalue weighted by Gasteiger charge is -2.28. The zero-order valence-corrected chi connectivity index (χ0v) is 18.6. The summed E-state index contributed by atoms with van der Waals surface area (Å²) in [6.45, 7) is 2.33. The molecule has 2 saturated heterocycles. The van der Waals surface area contributed by atoms with Gasteiger partial charge in [-0.15, -0.1) is 12.4 Å². The number of likely N-dealkylation sites (tertiary alicyclic amines) is 1. The van der Waals surface area contributed by atoms with Crippen LogP contribution in [0, 0.1) is 0 Å². The first kappa shape index (κ1) is 23.1. The number of hydrogen-bond donors (Lipinski definition) is 1. The summed E-state index contributed by atoms with van der Waals surface area (Å²) >= 11 is 0. The lowest BCUT2D eigenvalue weighted by molar-refractivity contribution is -0.138. The number of aromatic nitrogens is 2. The molecule has 0 spiro atoms. The molecule has 1 N–H and O–H groups in total. The van der Waals surface area contributed by atoms with Crippen LogP contribution in [0.25, 0.3) is 0 Å². The van der Waals surface area contributed by atoms with E-state index < -0.39 is 17.8 Å². The molecule has 1 saturated carbocycles. The first-order valence-electron chi connectivity index (χ1n) is 11.2. The summed E-state index contributed by atoms with van der Waals surface area (Å²) < 4.78 is 42.9. The number of carbonyl (C=O) groups is 1. The second-order valence-electron chi connectivity index (χ2n) is 8.89. The molecule has 1 aromatic carbocycles. The van der Waals surface area contributed by atoms with Gasteiger partial charge < -0.3 is 10.2 Å². The fraction of sp³-hybridized carbons (Fsp3) is 0.565. The van der Waals surface area contributed by atoms with Crippen molar-refractivity contribution in [3.63, 3.8) is 0 Å². The minimum atomic E-state index is -4.44. The lowest BCUT2D eigenvalue weighted by atomic mass is 9.97. The highest BCUT2D eigenvalue weighted by atomic mass is 35.5. The third-order valence-electron chi connectivity index (χ3n) is 6.82. The smallest absolute Gasteiger partial charge is 0.331 e. The Labute approximate surface area is 191 Å². The maximum atomic E-state index is 13.6. The van der Waals surface area contributed by atoms with Gasteiger partial charge in [0.1, 0.15) is 0 Å². The van der Waals surface area contributed by atoms with Gasteiger partial charge in [-0.2, -0.15) is 18.3 Å². The maximum Gasteiger partial charge on any atom is 0.416 e. The summed E-state index contributed by atoms with van der Waals surface area (Å²) in [5.74, 6) is 0.154. The number of nitrogens with one attached hydrogen (secondary N) is 1.